The molecule has 0 saturated carbocycles. The van der Waals surface area contributed by atoms with E-state index >= 15 is 0 Å². The summed E-state index contributed by atoms with van der Waals surface area (Å²) in [6, 6.07) is 4.36. The normalized spacial score (nSPS) is 19.2. The molecule has 3 rings (SSSR count). The quantitative estimate of drug-likeness (QED) is 0.826. The van der Waals surface area contributed by atoms with Gasteiger partial charge in [-0.3, -0.25) is 0 Å². The average molecular weight is 332 g/mol. The van der Waals surface area contributed by atoms with E-state index in [1.165, 1.54) is 0 Å². The third-order valence-corrected chi connectivity index (χ3v) is 3.77. The second-order valence-electron chi connectivity index (χ2n) is 6.18. The van der Waals surface area contributed by atoms with Crippen LogP contribution in [0.2, 0.25) is 0 Å². The number of ether oxygens (including phenoxy) is 3. The van der Waals surface area contributed by atoms with E-state index in [-0.39, 0.29) is 18.7 Å². The summed E-state index contributed by atoms with van der Waals surface area (Å²) in [7, 11) is 0. The van der Waals surface area contributed by atoms with Crippen molar-refractivity contribution in [2.75, 3.05) is 13.4 Å². The number of esters is 1. The lowest BCUT2D eigenvalue weighted by Crippen LogP contribution is -2.45. The summed E-state index contributed by atoms with van der Waals surface area (Å²) in [5, 5.41) is 5.39. The third-order valence-electron chi connectivity index (χ3n) is 3.77. The van der Waals surface area contributed by atoms with Gasteiger partial charge in [-0.1, -0.05) is 19.9 Å². The van der Waals surface area contributed by atoms with E-state index in [0.717, 1.165) is 5.56 Å². The van der Waals surface area contributed by atoms with Crippen molar-refractivity contribution in [2.24, 2.45) is 5.92 Å². The Morgan fingerprint density at radius 3 is 2.83 bits per heavy atom. The zero-order valence-electron chi connectivity index (χ0n) is 13.8. The lowest BCUT2D eigenvalue weighted by atomic mass is 9.95. The Morgan fingerprint density at radius 1 is 1.33 bits per heavy atom. The van der Waals surface area contributed by atoms with Gasteiger partial charge >= 0.3 is 12.0 Å². The fourth-order valence-corrected chi connectivity index (χ4v) is 2.63. The molecule has 1 atom stereocenters. The van der Waals surface area contributed by atoms with Crippen LogP contribution in [-0.2, 0) is 9.53 Å². The van der Waals surface area contributed by atoms with Crippen molar-refractivity contribution >= 4 is 12.0 Å². The number of hydrogen-bond acceptors (Lipinski definition) is 5. The molecule has 0 saturated heterocycles. The standard InChI is InChI=1S/C17H20N2O5/c1-9(2)7-22-16(20)14-10(3)18-17(21)19-15(14)11-4-5-12-13(6-11)24-8-23-12/h4-6,9,15H,7-8H2,1-3H3,(H2,18,19,21)/t15-/m1/s1. The molecule has 0 spiro atoms. The number of hydrogen-bond donors (Lipinski definition) is 2. The van der Waals surface area contributed by atoms with Crippen molar-refractivity contribution in [1.82, 2.24) is 10.6 Å². The minimum absolute atomic E-state index is 0.162. The number of carbonyl (C=O) groups is 2. The number of rotatable bonds is 4. The van der Waals surface area contributed by atoms with Gasteiger partial charge in [0, 0.05) is 5.70 Å². The molecule has 0 radical (unpaired) electrons. The van der Waals surface area contributed by atoms with E-state index in [2.05, 4.69) is 10.6 Å². The second kappa shape index (κ2) is 6.43. The van der Waals surface area contributed by atoms with Gasteiger partial charge < -0.3 is 24.8 Å². The van der Waals surface area contributed by atoms with Crippen molar-refractivity contribution < 1.29 is 23.8 Å². The average Bonchev–Trinajstić information content (AvgIpc) is 2.99. The maximum Gasteiger partial charge on any atom is 0.338 e. The number of carbonyl (C=O) groups excluding carboxylic acids is 2. The fraction of sp³-hybridized carbons (Fsp3) is 0.412. The molecule has 1 aromatic rings. The highest BCUT2D eigenvalue weighted by atomic mass is 16.7. The maximum absolute atomic E-state index is 12.5. The Morgan fingerprint density at radius 2 is 2.08 bits per heavy atom. The monoisotopic (exact) mass is 332 g/mol. The van der Waals surface area contributed by atoms with E-state index in [1.54, 1.807) is 25.1 Å². The number of fused-ring (bicyclic) bond motifs is 1. The van der Waals surface area contributed by atoms with Gasteiger partial charge in [-0.25, -0.2) is 9.59 Å². The highest BCUT2D eigenvalue weighted by molar-refractivity contribution is 5.95. The first-order valence-corrected chi connectivity index (χ1v) is 7.80. The molecule has 128 valence electrons. The summed E-state index contributed by atoms with van der Waals surface area (Å²) in [5.74, 6) is 1.01. The van der Waals surface area contributed by atoms with Crippen LogP contribution in [0.25, 0.3) is 0 Å². The van der Waals surface area contributed by atoms with Gasteiger partial charge in [0.15, 0.2) is 11.5 Å². The van der Waals surface area contributed by atoms with E-state index in [1.807, 2.05) is 13.8 Å². The molecule has 2 N–H and O–H groups in total. The predicted molar refractivity (Wildman–Crippen MR) is 85.5 cm³/mol. The Balaban J connectivity index is 1.92. The van der Waals surface area contributed by atoms with Crippen LogP contribution in [0, 0.1) is 5.92 Å². The Hall–Kier alpha value is -2.70. The number of allylic oxidation sites excluding steroid dienone is 1. The predicted octanol–water partition coefficient (Wildman–Crippen LogP) is 2.24. The molecule has 1 aromatic carbocycles. The van der Waals surface area contributed by atoms with Gasteiger partial charge in [-0.05, 0) is 30.5 Å². The van der Waals surface area contributed by atoms with Crippen molar-refractivity contribution in [2.45, 2.75) is 26.8 Å². The van der Waals surface area contributed by atoms with Crippen LogP contribution in [0.15, 0.2) is 29.5 Å². The van der Waals surface area contributed by atoms with E-state index < -0.39 is 12.0 Å². The van der Waals surface area contributed by atoms with Crippen LogP contribution < -0.4 is 20.1 Å². The summed E-state index contributed by atoms with van der Waals surface area (Å²) in [5.41, 5.74) is 1.59. The first-order chi connectivity index (χ1) is 11.5. The summed E-state index contributed by atoms with van der Waals surface area (Å²) >= 11 is 0. The zero-order valence-corrected chi connectivity index (χ0v) is 13.8. The Kier molecular flexibility index (Phi) is 4.33. The van der Waals surface area contributed by atoms with Crippen LogP contribution in [0.5, 0.6) is 11.5 Å². The van der Waals surface area contributed by atoms with Gasteiger partial charge in [-0.2, -0.15) is 0 Å². The van der Waals surface area contributed by atoms with Crippen LogP contribution >= 0.6 is 0 Å². The summed E-state index contributed by atoms with van der Waals surface area (Å²) in [6.07, 6.45) is 0. The van der Waals surface area contributed by atoms with Crippen molar-refractivity contribution in [1.29, 1.82) is 0 Å². The molecule has 0 aromatic heterocycles. The van der Waals surface area contributed by atoms with Gasteiger partial charge in [0.2, 0.25) is 6.79 Å². The van der Waals surface area contributed by atoms with Crippen LogP contribution in [0.4, 0.5) is 4.79 Å². The highest BCUT2D eigenvalue weighted by Gasteiger charge is 2.33. The molecule has 0 fully saturated rings. The SMILES string of the molecule is CC1=C(C(=O)OCC(C)C)[C@@H](c2ccc3c(c2)OCO3)NC(=O)N1. The first kappa shape index (κ1) is 16.2. The van der Waals surface area contributed by atoms with E-state index in [9.17, 15) is 9.59 Å². The molecule has 7 nitrogen and oxygen atoms in total. The van der Waals surface area contributed by atoms with Crippen molar-refractivity contribution in [3.63, 3.8) is 0 Å². The Bertz CT molecular complexity index is 711. The molecule has 2 amide bonds. The highest BCUT2D eigenvalue weighted by Crippen LogP contribution is 2.37. The second-order valence-corrected chi connectivity index (χ2v) is 6.18. The molecule has 2 aliphatic rings. The first-order valence-electron chi connectivity index (χ1n) is 7.80. The Labute approximate surface area is 140 Å². The summed E-state index contributed by atoms with van der Waals surface area (Å²) < 4.78 is 16.0. The zero-order chi connectivity index (χ0) is 17.3. The van der Waals surface area contributed by atoms with Crippen LogP contribution in [0.1, 0.15) is 32.4 Å². The number of amides is 2. The molecule has 0 bridgehead atoms. The molecule has 24 heavy (non-hydrogen) atoms. The minimum Gasteiger partial charge on any atom is -0.462 e. The van der Waals surface area contributed by atoms with Crippen molar-refractivity contribution in [3.8, 4) is 11.5 Å². The maximum atomic E-state index is 12.5. The van der Waals surface area contributed by atoms with Crippen LogP contribution in [0.3, 0.4) is 0 Å². The largest absolute Gasteiger partial charge is 0.462 e. The molecular formula is C17H20N2O5. The minimum atomic E-state index is -0.604. The number of nitrogens with one attached hydrogen (secondary N) is 2. The molecule has 0 unspecified atom stereocenters. The summed E-state index contributed by atoms with van der Waals surface area (Å²) in [4.78, 5) is 24.4. The van der Waals surface area contributed by atoms with Gasteiger partial charge in [0.25, 0.3) is 0 Å². The topological polar surface area (TPSA) is 85.9 Å². The smallest absolute Gasteiger partial charge is 0.338 e. The van der Waals surface area contributed by atoms with Gasteiger partial charge in [0.1, 0.15) is 0 Å². The molecule has 0 aliphatic carbocycles. The van der Waals surface area contributed by atoms with Gasteiger partial charge in [0.05, 0.1) is 18.2 Å². The van der Waals surface area contributed by atoms with E-state index in [0.29, 0.717) is 29.4 Å². The number of benzene rings is 1. The summed E-state index contributed by atoms with van der Waals surface area (Å²) in [6.45, 7) is 6.09. The molecule has 7 heteroatoms. The van der Waals surface area contributed by atoms with E-state index in [4.69, 9.17) is 14.2 Å². The molecular weight excluding hydrogens is 312 g/mol. The van der Waals surface area contributed by atoms with Gasteiger partial charge in [-0.15, -0.1) is 0 Å². The molecule has 2 heterocycles. The van der Waals surface area contributed by atoms with Crippen LogP contribution in [-0.4, -0.2) is 25.4 Å². The number of urea groups is 1. The third kappa shape index (κ3) is 3.15. The lowest BCUT2D eigenvalue weighted by molar-refractivity contribution is -0.140. The molecule has 2 aliphatic heterocycles. The lowest BCUT2D eigenvalue weighted by Gasteiger charge is -2.28. The van der Waals surface area contributed by atoms with Crippen molar-refractivity contribution in [3.05, 3.63) is 35.0 Å². The fourth-order valence-electron chi connectivity index (χ4n) is 2.63.